The number of aromatic nitrogens is 2. The van der Waals surface area contributed by atoms with Crippen molar-refractivity contribution in [2.75, 3.05) is 6.61 Å². The van der Waals surface area contributed by atoms with Crippen LogP contribution in [0.4, 0.5) is 4.39 Å². The predicted octanol–water partition coefficient (Wildman–Crippen LogP) is 1.62. The first-order valence-electron chi connectivity index (χ1n) is 3.96. The zero-order chi connectivity index (χ0) is 9.84. The van der Waals surface area contributed by atoms with Crippen molar-refractivity contribution in [1.82, 2.24) is 9.78 Å². The predicted molar refractivity (Wildman–Crippen MR) is 46.9 cm³/mol. The normalized spacial score (nSPS) is 10.1. The maximum atomic E-state index is 13.0. The van der Waals surface area contributed by atoms with E-state index in [1.807, 2.05) is 13.8 Å². The molecule has 1 aromatic heterocycles. The van der Waals surface area contributed by atoms with Crippen LogP contribution in [0.15, 0.2) is 6.20 Å². The van der Waals surface area contributed by atoms with Gasteiger partial charge in [0, 0.05) is 0 Å². The van der Waals surface area contributed by atoms with Crippen molar-refractivity contribution < 1.29 is 9.13 Å². The molecule has 0 fully saturated rings. The summed E-state index contributed by atoms with van der Waals surface area (Å²) in [5.74, 6) is 1.89. The molecule has 0 unspecified atom stereocenters. The molecular weight excluding hydrogens is 171 g/mol. The standard InChI is InChI=1S/C9H11FN2O/c1-4-5-13-9-8(10)6-11-12(9)7(2)3/h1,6-7H,5H2,2-3H3. The van der Waals surface area contributed by atoms with Crippen LogP contribution in [0.25, 0.3) is 0 Å². The van der Waals surface area contributed by atoms with Gasteiger partial charge in [0.2, 0.25) is 11.7 Å². The van der Waals surface area contributed by atoms with Gasteiger partial charge in [-0.15, -0.1) is 6.42 Å². The van der Waals surface area contributed by atoms with Gasteiger partial charge in [0.05, 0.1) is 12.2 Å². The summed E-state index contributed by atoms with van der Waals surface area (Å²) in [5.41, 5.74) is 0. The molecule has 0 amide bonds. The van der Waals surface area contributed by atoms with E-state index in [4.69, 9.17) is 11.2 Å². The Bertz CT molecular complexity index is 325. The number of halogens is 1. The molecule has 0 atom stereocenters. The van der Waals surface area contributed by atoms with E-state index in [-0.39, 0.29) is 18.5 Å². The summed E-state index contributed by atoms with van der Waals surface area (Å²) in [7, 11) is 0. The van der Waals surface area contributed by atoms with E-state index in [9.17, 15) is 4.39 Å². The summed E-state index contributed by atoms with van der Waals surface area (Å²) < 4.78 is 19.5. The highest BCUT2D eigenvalue weighted by molar-refractivity contribution is 5.13. The number of hydrogen-bond acceptors (Lipinski definition) is 2. The average molecular weight is 182 g/mol. The van der Waals surface area contributed by atoms with Crippen LogP contribution >= 0.6 is 0 Å². The number of hydrogen-bond donors (Lipinski definition) is 0. The summed E-state index contributed by atoms with van der Waals surface area (Å²) >= 11 is 0. The van der Waals surface area contributed by atoms with Gasteiger partial charge < -0.3 is 4.74 Å². The van der Waals surface area contributed by atoms with Crippen LogP contribution in [0.5, 0.6) is 5.88 Å². The first-order chi connectivity index (χ1) is 6.16. The Kier molecular flexibility index (Phi) is 2.91. The minimum atomic E-state index is -0.482. The Balaban J connectivity index is 2.89. The lowest BCUT2D eigenvalue weighted by molar-refractivity contribution is 0.299. The van der Waals surface area contributed by atoms with Gasteiger partial charge in [-0.1, -0.05) is 5.92 Å². The molecule has 0 saturated carbocycles. The first-order valence-corrected chi connectivity index (χ1v) is 3.96. The van der Waals surface area contributed by atoms with Crippen LogP contribution in [0.1, 0.15) is 19.9 Å². The molecule has 1 heterocycles. The molecule has 0 aliphatic heterocycles. The second-order valence-electron chi connectivity index (χ2n) is 2.83. The fourth-order valence-electron chi connectivity index (χ4n) is 0.943. The van der Waals surface area contributed by atoms with Gasteiger partial charge >= 0.3 is 0 Å². The molecule has 0 aliphatic rings. The van der Waals surface area contributed by atoms with E-state index >= 15 is 0 Å². The molecule has 13 heavy (non-hydrogen) atoms. The molecule has 0 spiro atoms. The highest BCUT2D eigenvalue weighted by Gasteiger charge is 2.13. The van der Waals surface area contributed by atoms with Crippen LogP contribution in [0, 0.1) is 18.2 Å². The lowest BCUT2D eigenvalue weighted by Gasteiger charge is -2.09. The molecule has 0 aliphatic carbocycles. The molecule has 0 N–H and O–H groups in total. The summed E-state index contributed by atoms with van der Waals surface area (Å²) in [6.07, 6.45) is 6.11. The largest absolute Gasteiger partial charge is 0.463 e. The van der Waals surface area contributed by atoms with Gasteiger partial charge in [-0.05, 0) is 13.8 Å². The number of nitrogens with zero attached hydrogens (tertiary/aromatic N) is 2. The van der Waals surface area contributed by atoms with Gasteiger partial charge in [0.25, 0.3) is 0 Å². The second kappa shape index (κ2) is 3.94. The van der Waals surface area contributed by atoms with Crippen molar-refractivity contribution in [3.63, 3.8) is 0 Å². The Hall–Kier alpha value is -1.50. The fourth-order valence-corrected chi connectivity index (χ4v) is 0.943. The minimum absolute atomic E-state index is 0.0509. The van der Waals surface area contributed by atoms with Crippen molar-refractivity contribution in [2.45, 2.75) is 19.9 Å². The number of rotatable bonds is 3. The summed E-state index contributed by atoms with van der Waals surface area (Å²) in [6, 6.07) is 0.0530. The maximum Gasteiger partial charge on any atom is 0.250 e. The van der Waals surface area contributed by atoms with Crippen LogP contribution in [0.3, 0.4) is 0 Å². The third-order valence-corrected chi connectivity index (χ3v) is 1.49. The summed E-state index contributed by atoms with van der Waals surface area (Å²) in [6.45, 7) is 3.82. The van der Waals surface area contributed by atoms with Crippen LogP contribution in [0.2, 0.25) is 0 Å². The Morgan fingerprint density at radius 1 is 1.77 bits per heavy atom. The molecule has 4 heteroatoms. The third kappa shape index (κ3) is 2.00. The third-order valence-electron chi connectivity index (χ3n) is 1.49. The summed E-state index contributed by atoms with van der Waals surface area (Å²) in [4.78, 5) is 0. The van der Waals surface area contributed by atoms with Crippen molar-refractivity contribution in [1.29, 1.82) is 0 Å². The van der Waals surface area contributed by atoms with Crippen LogP contribution < -0.4 is 4.74 Å². The quantitative estimate of drug-likeness (QED) is 0.664. The Morgan fingerprint density at radius 3 is 3.00 bits per heavy atom. The molecule has 0 aromatic carbocycles. The minimum Gasteiger partial charge on any atom is -0.463 e. The highest BCUT2D eigenvalue weighted by Crippen LogP contribution is 2.20. The average Bonchev–Trinajstić information content (AvgIpc) is 2.43. The zero-order valence-electron chi connectivity index (χ0n) is 7.62. The van der Waals surface area contributed by atoms with Gasteiger partial charge in [-0.2, -0.15) is 9.49 Å². The van der Waals surface area contributed by atoms with Gasteiger partial charge in [-0.25, -0.2) is 4.68 Å². The lowest BCUT2D eigenvalue weighted by Crippen LogP contribution is -2.07. The van der Waals surface area contributed by atoms with Crippen LogP contribution in [-0.2, 0) is 0 Å². The zero-order valence-corrected chi connectivity index (χ0v) is 7.62. The molecule has 1 rings (SSSR count). The first kappa shape index (κ1) is 9.59. The topological polar surface area (TPSA) is 27.1 Å². The van der Waals surface area contributed by atoms with E-state index in [1.165, 1.54) is 4.68 Å². The van der Waals surface area contributed by atoms with Crippen molar-refractivity contribution in [3.05, 3.63) is 12.0 Å². The van der Waals surface area contributed by atoms with Gasteiger partial charge in [0.15, 0.2) is 6.61 Å². The summed E-state index contributed by atoms with van der Waals surface area (Å²) in [5, 5.41) is 3.82. The van der Waals surface area contributed by atoms with Crippen molar-refractivity contribution in [3.8, 4) is 18.2 Å². The van der Waals surface area contributed by atoms with Gasteiger partial charge in [-0.3, -0.25) is 0 Å². The molecular formula is C9H11FN2O. The maximum absolute atomic E-state index is 13.0. The van der Waals surface area contributed by atoms with E-state index < -0.39 is 5.82 Å². The van der Waals surface area contributed by atoms with E-state index in [1.54, 1.807) is 0 Å². The highest BCUT2D eigenvalue weighted by atomic mass is 19.1. The Morgan fingerprint density at radius 2 is 2.46 bits per heavy atom. The Labute approximate surface area is 76.5 Å². The van der Waals surface area contributed by atoms with E-state index in [0.717, 1.165) is 6.20 Å². The molecule has 0 saturated heterocycles. The smallest absolute Gasteiger partial charge is 0.250 e. The van der Waals surface area contributed by atoms with Crippen molar-refractivity contribution in [2.24, 2.45) is 0 Å². The van der Waals surface area contributed by atoms with Crippen molar-refractivity contribution >= 4 is 0 Å². The second-order valence-corrected chi connectivity index (χ2v) is 2.83. The molecule has 0 radical (unpaired) electrons. The monoisotopic (exact) mass is 182 g/mol. The van der Waals surface area contributed by atoms with Crippen LogP contribution in [-0.4, -0.2) is 16.4 Å². The SMILES string of the molecule is C#CCOc1c(F)cnn1C(C)C. The molecule has 70 valence electrons. The van der Waals surface area contributed by atoms with E-state index in [0.29, 0.717) is 0 Å². The fraction of sp³-hybridized carbons (Fsp3) is 0.444. The van der Waals surface area contributed by atoms with E-state index in [2.05, 4.69) is 11.0 Å². The van der Waals surface area contributed by atoms with Gasteiger partial charge in [0.1, 0.15) is 0 Å². The molecule has 3 nitrogen and oxygen atoms in total. The molecule has 0 bridgehead atoms. The molecule has 1 aromatic rings. The number of terminal acetylenes is 1. The number of ether oxygens (including phenoxy) is 1. The lowest BCUT2D eigenvalue weighted by atomic mass is 10.4.